The number of carbonyl (C=O) groups excluding carboxylic acids is 1. The Balaban J connectivity index is 1.98. The second-order valence-electron chi connectivity index (χ2n) is 6.75. The van der Waals surface area contributed by atoms with Crippen molar-refractivity contribution in [2.75, 3.05) is 27.2 Å². The van der Waals surface area contributed by atoms with Crippen molar-refractivity contribution in [2.24, 2.45) is 5.92 Å². The number of likely N-dealkylation sites (tertiary alicyclic amines) is 1. The first kappa shape index (κ1) is 17.2. The van der Waals surface area contributed by atoms with Gasteiger partial charge in [0, 0.05) is 24.2 Å². The number of halogens is 2. The van der Waals surface area contributed by atoms with Crippen LogP contribution in [0.5, 0.6) is 0 Å². The van der Waals surface area contributed by atoms with Crippen molar-refractivity contribution in [3.63, 3.8) is 0 Å². The van der Waals surface area contributed by atoms with Crippen LogP contribution >= 0.6 is 11.6 Å². The third-order valence-electron chi connectivity index (χ3n) is 5.07. The summed E-state index contributed by atoms with van der Waals surface area (Å²) in [5, 5.41) is 0.308. The Labute approximate surface area is 137 Å². The molecular formula is C17H24ClFN2O. The fourth-order valence-corrected chi connectivity index (χ4v) is 3.25. The number of benzene rings is 1. The highest BCUT2D eigenvalue weighted by Gasteiger charge is 2.39. The van der Waals surface area contributed by atoms with Crippen LogP contribution in [0.2, 0.25) is 5.02 Å². The van der Waals surface area contributed by atoms with Gasteiger partial charge in [-0.15, -0.1) is 0 Å². The van der Waals surface area contributed by atoms with E-state index < -0.39 is 0 Å². The van der Waals surface area contributed by atoms with Crippen LogP contribution in [0.1, 0.15) is 25.8 Å². The third-order valence-corrected chi connectivity index (χ3v) is 5.42. The fraction of sp³-hybridized carbons (Fsp3) is 0.588. The molecule has 0 bridgehead atoms. The molecule has 3 nitrogen and oxygen atoms in total. The van der Waals surface area contributed by atoms with E-state index >= 15 is 0 Å². The lowest BCUT2D eigenvalue weighted by atomic mass is 9.88. The largest absolute Gasteiger partial charge is 0.345 e. The van der Waals surface area contributed by atoms with E-state index in [2.05, 4.69) is 25.8 Å². The summed E-state index contributed by atoms with van der Waals surface area (Å²) in [6.45, 7) is 6.23. The van der Waals surface area contributed by atoms with E-state index in [0.717, 1.165) is 19.5 Å². The normalized spacial score (nSPS) is 21.1. The van der Waals surface area contributed by atoms with E-state index in [0.29, 0.717) is 16.5 Å². The number of amides is 1. The minimum absolute atomic E-state index is 0.0128. The van der Waals surface area contributed by atoms with Crippen molar-refractivity contribution in [2.45, 2.75) is 32.2 Å². The SMILES string of the molecule is CN(CC1CCN(C)C1(C)C)C(=O)Cc1ccc(F)cc1Cl. The van der Waals surface area contributed by atoms with Gasteiger partial charge in [-0.2, -0.15) is 0 Å². The molecule has 0 radical (unpaired) electrons. The molecule has 1 aliphatic rings. The van der Waals surface area contributed by atoms with Crippen LogP contribution in [0, 0.1) is 11.7 Å². The van der Waals surface area contributed by atoms with E-state index in [1.165, 1.54) is 12.1 Å². The highest BCUT2D eigenvalue weighted by atomic mass is 35.5. The van der Waals surface area contributed by atoms with Crippen molar-refractivity contribution in [3.05, 3.63) is 34.6 Å². The van der Waals surface area contributed by atoms with Gasteiger partial charge in [0.15, 0.2) is 0 Å². The predicted molar refractivity (Wildman–Crippen MR) is 87.6 cm³/mol. The van der Waals surface area contributed by atoms with Gasteiger partial charge in [-0.1, -0.05) is 17.7 Å². The first-order valence-corrected chi connectivity index (χ1v) is 7.98. The van der Waals surface area contributed by atoms with Crippen LogP contribution in [0.3, 0.4) is 0 Å². The average Bonchev–Trinajstić information content (AvgIpc) is 2.68. The summed E-state index contributed by atoms with van der Waals surface area (Å²) >= 11 is 6.00. The van der Waals surface area contributed by atoms with Gasteiger partial charge in [0.25, 0.3) is 0 Å². The lowest BCUT2D eigenvalue weighted by molar-refractivity contribution is -0.130. The summed E-state index contributed by atoms with van der Waals surface area (Å²) in [7, 11) is 3.95. The van der Waals surface area contributed by atoms with Gasteiger partial charge in [-0.25, -0.2) is 4.39 Å². The van der Waals surface area contributed by atoms with Gasteiger partial charge >= 0.3 is 0 Å². The van der Waals surface area contributed by atoms with Gasteiger partial charge in [0.2, 0.25) is 5.91 Å². The standard InChI is InChI=1S/C17H24ClFN2O/c1-17(2)13(7-8-21(17)4)11-20(3)16(22)9-12-5-6-14(19)10-15(12)18/h5-6,10,13H,7-9,11H2,1-4H3. The summed E-state index contributed by atoms with van der Waals surface area (Å²) in [5.74, 6) is 0.0827. The molecule has 22 heavy (non-hydrogen) atoms. The van der Waals surface area contributed by atoms with Crippen LogP contribution in [0.15, 0.2) is 18.2 Å². The molecule has 0 N–H and O–H groups in total. The predicted octanol–water partition coefficient (Wildman–Crippen LogP) is 3.21. The van der Waals surface area contributed by atoms with Gasteiger partial charge in [-0.05, 0) is 57.5 Å². The van der Waals surface area contributed by atoms with Crippen molar-refractivity contribution >= 4 is 17.5 Å². The summed E-state index contributed by atoms with van der Waals surface area (Å²) in [4.78, 5) is 16.5. The maximum absolute atomic E-state index is 13.1. The molecule has 0 aromatic heterocycles. The maximum atomic E-state index is 13.1. The Hall–Kier alpha value is -1.13. The van der Waals surface area contributed by atoms with Crippen LogP contribution in [0.25, 0.3) is 0 Å². The lowest BCUT2D eigenvalue weighted by Gasteiger charge is -2.35. The second kappa shape index (κ2) is 6.55. The van der Waals surface area contributed by atoms with Crippen LogP contribution < -0.4 is 0 Å². The summed E-state index contributed by atoms with van der Waals surface area (Å²) in [6, 6.07) is 4.17. The van der Waals surface area contributed by atoms with E-state index in [4.69, 9.17) is 11.6 Å². The Morgan fingerprint density at radius 1 is 1.50 bits per heavy atom. The van der Waals surface area contributed by atoms with Crippen LogP contribution in [0.4, 0.5) is 4.39 Å². The molecule has 1 heterocycles. The molecule has 1 saturated heterocycles. The molecule has 1 amide bonds. The van der Waals surface area contributed by atoms with Crippen molar-refractivity contribution in [1.82, 2.24) is 9.80 Å². The average molecular weight is 327 g/mol. The highest BCUT2D eigenvalue weighted by Crippen LogP contribution is 2.33. The fourth-order valence-electron chi connectivity index (χ4n) is 3.01. The number of nitrogens with zero attached hydrogens (tertiary/aromatic N) is 2. The molecule has 5 heteroatoms. The lowest BCUT2D eigenvalue weighted by Crippen LogP contribution is -2.45. The summed E-state index contributed by atoms with van der Waals surface area (Å²) in [5.41, 5.74) is 0.768. The van der Waals surface area contributed by atoms with Gasteiger partial charge in [0.1, 0.15) is 5.82 Å². The minimum Gasteiger partial charge on any atom is -0.345 e. The zero-order chi connectivity index (χ0) is 16.5. The molecule has 1 atom stereocenters. The van der Waals surface area contributed by atoms with Gasteiger partial charge in [0.05, 0.1) is 6.42 Å². The second-order valence-corrected chi connectivity index (χ2v) is 7.15. The Morgan fingerprint density at radius 3 is 2.73 bits per heavy atom. The topological polar surface area (TPSA) is 23.6 Å². The molecule has 1 unspecified atom stereocenters. The van der Waals surface area contributed by atoms with E-state index in [9.17, 15) is 9.18 Å². The van der Waals surface area contributed by atoms with Crippen molar-refractivity contribution in [3.8, 4) is 0 Å². The first-order chi connectivity index (χ1) is 10.2. The minimum atomic E-state index is -0.384. The van der Waals surface area contributed by atoms with E-state index in [1.54, 1.807) is 11.0 Å². The Bertz CT molecular complexity index is 562. The number of likely N-dealkylation sites (N-methyl/N-ethyl adjacent to an activating group) is 1. The van der Waals surface area contributed by atoms with Crippen molar-refractivity contribution in [1.29, 1.82) is 0 Å². The highest BCUT2D eigenvalue weighted by molar-refractivity contribution is 6.31. The van der Waals surface area contributed by atoms with Gasteiger partial charge < -0.3 is 9.80 Å². The van der Waals surface area contributed by atoms with E-state index in [1.807, 2.05) is 7.05 Å². The first-order valence-electron chi connectivity index (χ1n) is 7.61. The molecular weight excluding hydrogens is 303 g/mol. The molecule has 1 aromatic carbocycles. The molecule has 0 spiro atoms. The smallest absolute Gasteiger partial charge is 0.226 e. The van der Waals surface area contributed by atoms with E-state index in [-0.39, 0.29) is 23.7 Å². The molecule has 1 fully saturated rings. The molecule has 1 aromatic rings. The molecule has 122 valence electrons. The quantitative estimate of drug-likeness (QED) is 0.848. The number of hydrogen-bond acceptors (Lipinski definition) is 2. The number of hydrogen-bond donors (Lipinski definition) is 0. The zero-order valence-electron chi connectivity index (χ0n) is 13.7. The third kappa shape index (κ3) is 3.61. The molecule has 0 aliphatic carbocycles. The molecule has 2 rings (SSSR count). The van der Waals surface area contributed by atoms with Crippen molar-refractivity contribution < 1.29 is 9.18 Å². The van der Waals surface area contributed by atoms with Crippen LogP contribution in [-0.2, 0) is 11.2 Å². The van der Waals surface area contributed by atoms with Gasteiger partial charge in [-0.3, -0.25) is 4.79 Å². The summed E-state index contributed by atoms with van der Waals surface area (Å²) in [6.07, 6.45) is 1.30. The number of rotatable bonds is 4. The monoisotopic (exact) mass is 326 g/mol. The maximum Gasteiger partial charge on any atom is 0.226 e. The summed E-state index contributed by atoms with van der Waals surface area (Å²) < 4.78 is 13.1. The Morgan fingerprint density at radius 2 is 2.18 bits per heavy atom. The molecule has 1 aliphatic heterocycles. The van der Waals surface area contributed by atoms with Crippen LogP contribution in [-0.4, -0.2) is 48.4 Å². The molecule has 0 saturated carbocycles. The Kier molecular flexibility index (Phi) is 5.13. The number of carbonyl (C=O) groups is 1. The zero-order valence-corrected chi connectivity index (χ0v) is 14.5.